The Morgan fingerprint density at radius 3 is 2.69 bits per heavy atom. The van der Waals surface area contributed by atoms with Gasteiger partial charge in [0.05, 0.1) is 6.04 Å². The first kappa shape index (κ1) is 20.2. The van der Waals surface area contributed by atoms with Crippen LogP contribution in [0.4, 0.5) is 22.0 Å². The Bertz CT molecular complexity index is 884. The summed E-state index contributed by atoms with van der Waals surface area (Å²) < 4.78 is 67.5. The first-order valence-electron chi connectivity index (χ1n) is 9.43. The summed E-state index contributed by atoms with van der Waals surface area (Å²) in [6.45, 7) is 1.20. The number of piperidine rings is 1. The third-order valence-corrected chi connectivity index (χ3v) is 5.95. The number of nitrogens with zero attached hydrogens (tertiary/aromatic N) is 3. The minimum Gasteiger partial charge on any atom is -0.326 e. The zero-order chi connectivity index (χ0) is 20.9. The molecule has 3 atom stereocenters. The van der Waals surface area contributed by atoms with E-state index in [1.807, 2.05) is 9.80 Å². The lowest BCUT2D eigenvalue weighted by Gasteiger charge is -2.46. The summed E-state index contributed by atoms with van der Waals surface area (Å²) in [7, 11) is 1.77. The fourth-order valence-corrected chi connectivity index (χ4v) is 4.63. The molecule has 29 heavy (non-hydrogen) atoms. The Morgan fingerprint density at radius 2 is 2.00 bits per heavy atom. The van der Waals surface area contributed by atoms with Crippen molar-refractivity contribution in [1.82, 2.24) is 20.0 Å². The summed E-state index contributed by atoms with van der Waals surface area (Å²) >= 11 is 0. The van der Waals surface area contributed by atoms with E-state index >= 15 is 0 Å². The Hall–Kier alpha value is -2.04. The highest BCUT2D eigenvalue weighted by atomic mass is 19.4. The molecule has 2 aliphatic heterocycles. The maximum atomic E-state index is 14.3. The maximum absolute atomic E-state index is 14.3. The van der Waals surface area contributed by atoms with E-state index < -0.39 is 35.6 Å². The van der Waals surface area contributed by atoms with Crippen molar-refractivity contribution >= 4 is 0 Å². The molecule has 1 aromatic carbocycles. The van der Waals surface area contributed by atoms with Crippen LogP contribution >= 0.6 is 0 Å². The van der Waals surface area contributed by atoms with Gasteiger partial charge in [-0.2, -0.15) is 18.3 Å². The molecule has 0 bridgehead atoms. The number of aromatic amines is 1. The van der Waals surface area contributed by atoms with Crippen molar-refractivity contribution < 1.29 is 22.0 Å². The van der Waals surface area contributed by atoms with Crippen molar-refractivity contribution in [3.05, 3.63) is 52.3 Å². The SMILES string of the molecule is CN1CC(N2CCc3[nH]nc(C(F)(F)F)c3C2)CC(N)[C@H]1c1cc(F)ccc1F. The maximum Gasteiger partial charge on any atom is 0.435 e. The smallest absolute Gasteiger partial charge is 0.326 e. The number of alkyl halides is 3. The molecule has 2 unspecified atom stereocenters. The van der Waals surface area contributed by atoms with Crippen molar-refractivity contribution in [2.45, 2.75) is 43.7 Å². The molecule has 0 aliphatic carbocycles. The van der Waals surface area contributed by atoms with Crippen LogP contribution in [0.1, 0.15) is 35.0 Å². The van der Waals surface area contributed by atoms with E-state index in [-0.39, 0.29) is 23.7 Å². The van der Waals surface area contributed by atoms with Crippen LogP contribution in [0.2, 0.25) is 0 Å². The fraction of sp³-hybridized carbons (Fsp3) is 0.526. The number of likely N-dealkylation sites (N-methyl/N-ethyl adjacent to an activating group) is 1. The van der Waals surface area contributed by atoms with Gasteiger partial charge in [-0.1, -0.05) is 0 Å². The average Bonchev–Trinajstić information content (AvgIpc) is 3.07. The average molecular weight is 415 g/mol. The van der Waals surface area contributed by atoms with Gasteiger partial charge in [-0.15, -0.1) is 0 Å². The standard InChI is InChI=1S/C19H22F5N5/c1-28-8-11(7-15(25)17(28)12-6-10(20)2-3-14(12)21)29-5-4-16-13(9-29)18(27-26-16)19(22,23)24/h2-3,6,11,15,17H,4-5,7-9,25H2,1H3,(H,26,27)/t11?,15?,17-/m1/s1. The second-order valence-electron chi connectivity index (χ2n) is 7.85. The first-order chi connectivity index (χ1) is 13.6. The second kappa shape index (κ2) is 7.33. The van der Waals surface area contributed by atoms with E-state index in [9.17, 15) is 22.0 Å². The Kier molecular flexibility index (Phi) is 5.12. The highest BCUT2D eigenvalue weighted by molar-refractivity contribution is 5.30. The van der Waals surface area contributed by atoms with Crippen LogP contribution in [0.25, 0.3) is 0 Å². The zero-order valence-corrected chi connectivity index (χ0v) is 15.8. The van der Waals surface area contributed by atoms with Crippen molar-refractivity contribution in [3.8, 4) is 0 Å². The van der Waals surface area contributed by atoms with Gasteiger partial charge in [0, 0.05) is 55.0 Å². The van der Waals surface area contributed by atoms with Crippen molar-refractivity contribution in [3.63, 3.8) is 0 Å². The van der Waals surface area contributed by atoms with Crippen LogP contribution in [0.5, 0.6) is 0 Å². The number of hydrogen-bond acceptors (Lipinski definition) is 4. The number of benzene rings is 1. The lowest BCUT2D eigenvalue weighted by Crippen LogP contribution is -2.56. The van der Waals surface area contributed by atoms with Crippen molar-refractivity contribution in [1.29, 1.82) is 0 Å². The van der Waals surface area contributed by atoms with Crippen LogP contribution in [-0.2, 0) is 19.1 Å². The van der Waals surface area contributed by atoms with E-state index in [1.165, 1.54) is 0 Å². The van der Waals surface area contributed by atoms with E-state index in [0.717, 1.165) is 18.2 Å². The predicted octanol–water partition coefficient (Wildman–Crippen LogP) is 2.84. The molecular formula is C19H22F5N5. The van der Waals surface area contributed by atoms with Crippen LogP contribution in [0.15, 0.2) is 18.2 Å². The number of hydrogen-bond donors (Lipinski definition) is 2. The molecule has 0 saturated carbocycles. The molecule has 1 aromatic heterocycles. The number of likely N-dealkylation sites (tertiary alicyclic amines) is 1. The molecule has 10 heteroatoms. The molecule has 5 nitrogen and oxygen atoms in total. The number of fused-ring (bicyclic) bond motifs is 1. The summed E-state index contributed by atoms with van der Waals surface area (Å²) in [5, 5.41) is 5.96. The van der Waals surface area contributed by atoms with Gasteiger partial charge in [0.25, 0.3) is 0 Å². The molecular weight excluding hydrogens is 393 g/mol. The largest absolute Gasteiger partial charge is 0.435 e. The van der Waals surface area contributed by atoms with Gasteiger partial charge in [-0.25, -0.2) is 8.78 Å². The Morgan fingerprint density at radius 1 is 1.24 bits per heavy atom. The molecule has 0 radical (unpaired) electrons. The monoisotopic (exact) mass is 415 g/mol. The Labute approximate surface area is 164 Å². The van der Waals surface area contributed by atoms with Gasteiger partial charge < -0.3 is 5.73 Å². The quantitative estimate of drug-likeness (QED) is 0.741. The number of rotatable bonds is 2. The molecule has 3 heterocycles. The summed E-state index contributed by atoms with van der Waals surface area (Å²) in [5.74, 6) is -1.06. The Balaban J connectivity index is 1.53. The fourth-order valence-electron chi connectivity index (χ4n) is 4.63. The second-order valence-corrected chi connectivity index (χ2v) is 7.85. The van der Waals surface area contributed by atoms with Crippen LogP contribution in [0, 0.1) is 11.6 Å². The van der Waals surface area contributed by atoms with Gasteiger partial charge in [-0.3, -0.25) is 14.9 Å². The van der Waals surface area contributed by atoms with Gasteiger partial charge in [0.15, 0.2) is 5.69 Å². The highest BCUT2D eigenvalue weighted by Crippen LogP contribution is 2.37. The minimum atomic E-state index is -4.51. The topological polar surface area (TPSA) is 61.2 Å². The molecule has 158 valence electrons. The normalized spacial score (nSPS) is 26.5. The minimum absolute atomic E-state index is 0.0907. The van der Waals surface area contributed by atoms with Gasteiger partial charge in [0.1, 0.15) is 11.6 Å². The molecule has 0 amide bonds. The first-order valence-corrected chi connectivity index (χ1v) is 9.43. The number of nitrogens with two attached hydrogens (primary N) is 1. The molecule has 2 aromatic rings. The third-order valence-electron chi connectivity index (χ3n) is 5.95. The summed E-state index contributed by atoms with van der Waals surface area (Å²) in [6.07, 6.45) is -3.60. The van der Waals surface area contributed by atoms with Gasteiger partial charge >= 0.3 is 6.18 Å². The molecule has 1 saturated heterocycles. The summed E-state index contributed by atoms with van der Waals surface area (Å²) in [4.78, 5) is 3.83. The van der Waals surface area contributed by atoms with Crippen molar-refractivity contribution in [2.24, 2.45) is 5.73 Å². The summed E-state index contributed by atoms with van der Waals surface area (Å²) in [5.41, 5.74) is 6.36. The number of aromatic nitrogens is 2. The molecule has 0 spiro atoms. The lowest BCUT2D eigenvalue weighted by atomic mass is 9.87. The number of H-pyrrole nitrogens is 1. The van der Waals surface area contributed by atoms with E-state index in [4.69, 9.17) is 5.73 Å². The number of halogens is 5. The highest BCUT2D eigenvalue weighted by Gasteiger charge is 2.42. The molecule has 2 aliphatic rings. The van der Waals surface area contributed by atoms with Crippen LogP contribution < -0.4 is 5.73 Å². The number of nitrogens with one attached hydrogen (secondary N) is 1. The van der Waals surface area contributed by atoms with Crippen LogP contribution in [-0.4, -0.2) is 52.2 Å². The van der Waals surface area contributed by atoms with Crippen LogP contribution in [0.3, 0.4) is 0 Å². The molecule has 1 fully saturated rings. The zero-order valence-electron chi connectivity index (χ0n) is 15.8. The van der Waals surface area contributed by atoms with E-state index in [0.29, 0.717) is 31.6 Å². The molecule has 4 rings (SSSR count). The lowest BCUT2D eigenvalue weighted by molar-refractivity contribution is -0.142. The molecule has 3 N–H and O–H groups in total. The third kappa shape index (κ3) is 3.76. The van der Waals surface area contributed by atoms with E-state index in [1.54, 1.807) is 7.05 Å². The summed E-state index contributed by atoms with van der Waals surface area (Å²) in [6, 6.07) is 2.23. The van der Waals surface area contributed by atoms with Gasteiger partial charge in [-0.05, 0) is 31.7 Å². The van der Waals surface area contributed by atoms with Crippen molar-refractivity contribution in [2.75, 3.05) is 20.1 Å². The van der Waals surface area contributed by atoms with Gasteiger partial charge in [0.2, 0.25) is 0 Å². The van der Waals surface area contributed by atoms with E-state index in [2.05, 4.69) is 10.2 Å². The predicted molar refractivity (Wildman–Crippen MR) is 95.8 cm³/mol.